The Morgan fingerprint density at radius 1 is 1.17 bits per heavy atom. The van der Waals surface area contributed by atoms with E-state index in [4.69, 9.17) is 4.74 Å². The Morgan fingerprint density at radius 3 is 2.71 bits per heavy atom. The van der Waals surface area contributed by atoms with E-state index in [2.05, 4.69) is 30.6 Å². The van der Waals surface area contributed by atoms with E-state index in [1.807, 2.05) is 23.9 Å². The fourth-order valence-electron chi connectivity index (χ4n) is 5.08. The van der Waals surface area contributed by atoms with Crippen LogP contribution in [0.25, 0.3) is 33.5 Å². The molecule has 0 amide bonds. The van der Waals surface area contributed by atoms with E-state index in [1.165, 1.54) is 6.20 Å². The van der Waals surface area contributed by atoms with E-state index in [1.54, 1.807) is 31.7 Å². The first-order chi connectivity index (χ1) is 19.6. The summed E-state index contributed by atoms with van der Waals surface area (Å²) in [7, 11) is -1.10. The summed E-state index contributed by atoms with van der Waals surface area (Å²) >= 11 is 0. The molecule has 9 nitrogen and oxygen atoms in total. The topological polar surface area (TPSA) is 110 Å². The van der Waals surface area contributed by atoms with Gasteiger partial charge in [0.2, 0.25) is 5.95 Å². The largest absolute Gasteiger partial charge is 0.419 e. The Morgan fingerprint density at radius 2 is 2.00 bits per heavy atom. The van der Waals surface area contributed by atoms with E-state index >= 15 is 0 Å². The van der Waals surface area contributed by atoms with Gasteiger partial charge >= 0.3 is 6.18 Å². The third-order valence-electron chi connectivity index (χ3n) is 6.96. The zero-order chi connectivity index (χ0) is 29.2. The van der Waals surface area contributed by atoms with Crippen LogP contribution in [0.5, 0.6) is 0 Å². The van der Waals surface area contributed by atoms with E-state index in [9.17, 15) is 17.7 Å². The number of hydrogen-bond donors (Lipinski definition) is 3. The molecule has 3 N–H and O–H groups in total. The van der Waals surface area contributed by atoms with Crippen LogP contribution in [0, 0.1) is 0 Å². The number of H-pyrrole nitrogens is 1. The molecule has 1 aliphatic carbocycles. The minimum absolute atomic E-state index is 0.1000. The average molecular weight is 588 g/mol. The molecular formula is C28H33F3N7O2P. The quantitative estimate of drug-likeness (QED) is 0.158. The highest BCUT2D eigenvalue weighted by molar-refractivity contribution is 7.70. The number of rotatable bonds is 11. The lowest BCUT2D eigenvalue weighted by Crippen LogP contribution is -2.17. The van der Waals surface area contributed by atoms with Crippen molar-refractivity contribution in [2.45, 2.75) is 32.0 Å². The molecule has 0 atom stereocenters. The number of hydrogen-bond acceptors (Lipinski definition) is 7. The Balaban J connectivity index is 1.60. The SMILES string of the molecule is CNCCOCCn1ccnc1-c1ccc2c(-c3nc(NC4=CCCC4)ncc3C(F)(F)F)c[nH]c2c1P(C)(C)=O. The van der Waals surface area contributed by atoms with Crippen molar-refractivity contribution in [2.75, 3.05) is 45.5 Å². The number of fused-ring (bicyclic) bond motifs is 1. The number of halogens is 3. The van der Waals surface area contributed by atoms with Crippen LogP contribution in [-0.4, -0.2) is 64.6 Å². The van der Waals surface area contributed by atoms with Crippen LogP contribution in [0.2, 0.25) is 0 Å². The van der Waals surface area contributed by atoms with Crippen LogP contribution in [0.1, 0.15) is 24.8 Å². The molecule has 0 bridgehead atoms. The molecule has 218 valence electrons. The second kappa shape index (κ2) is 11.8. The summed E-state index contributed by atoms with van der Waals surface area (Å²) in [5.74, 6) is 0.705. The van der Waals surface area contributed by atoms with Crippen molar-refractivity contribution < 1.29 is 22.5 Å². The number of imidazole rings is 1. The summed E-state index contributed by atoms with van der Waals surface area (Å²) in [4.78, 5) is 15.9. The van der Waals surface area contributed by atoms with Gasteiger partial charge in [0.25, 0.3) is 0 Å². The molecule has 1 aliphatic rings. The van der Waals surface area contributed by atoms with Crippen molar-refractivity contribution >= 4 is 29.3 Å². The Bertz CT molecular complexity index is 1620. The summed E-state index contributed by atoms with van der Waals surface area (Å²) in [6.45, 7) is 5.59. The molecule has 13 heteroatoms. The average Bonchev–Trinajstić information content (AvgIpc) is 3.68. The normalized spacial score (nSPS) is 14.1. The maximum absolute atomic E-state index is 14.1. The number of alkyl halides is 3. The number of aromatic nitrogens is 5. The number of anilines is 1. The third kappa shape index (κ3) is 6.24. The van der Waals surface area contributed by atoms with Crippen LogP contribution >= 0.6 is 7.14 Å². The van der Waals surface area contributed by atoms with Crippen molar-refractivity contribution in [1.82, 2.24) is 29.8 Å². The van der Waals surface area contributed by atoms with Crippen molar-refractivity contribution in [3.63, 3.8) is 0 Å². The van der Waals surface area contributed by atoms with Gasteiger partial charge in [-0.05, 0) is 45.7 Å². The number of benzene rings is 1. The standard InChI is InChI=1S/C28H33F3N7O2P/c1-32-11-14-40-15-13-38-12-10-33-26(38)20-9-8-19-21(16-34-24(19)25(20)41(2,3)39)23-22(28(29,30)31)17-35-27(37-23)36-18-6-4-5-7-18/h6,8-10,12,16-17,32,34H,4-5,7,11,13-15H2,1-3H3,(H,35,36,37). The fourth-order valence-corrected chi connectivity index (χ4v) is 6.55. The monoisotopic (exact) mass is 587 g/mol. The Kier molecular flexibility index (Phi) is 8.35. The van der Waals surface area contributed by atoms with Crippen LogP contribution in [0.4, 0.5) is 19.1 Å². The maximum atomic E-state index is 14.1. The first-order valence-corrected chi connectivity index (χ1v) is 16.0. The van der Waals surface area contributed by atoms with E-state index in [0.29, 0.717) is 47.4 Å². The molecule has 4 aromatic rings. The number of nitrogens with one attached hydrogen (secondary N) is 3. The lowest BCUT2D eigenvalue weighted by molar-refractivity contribution is -0.137. The molecule has 1 aromatic carbocycles. The van der Waals surface area contributed by atoms with Gasteiger partial charge in [-0.15, -0.1) is 0 Å². The molecule has 0 radical (unpaired) electrons. The predicted molar refractivity (Wildman–Crippen MR) is 155 cm³/mol. The van der Waals surface area contributed by atoms with Gasteiger partial charge in [-0.2, -0.15) is 13.2 Å². The number of aromatic amines is 1. The number of allylic oxidation sites excluding steroid dienone is 2. The van der Waals surface area contributed by atoms with E-state index in [0.717, 1.165) is 37.7 Å². The van der Waals surface area contributed by atoms with E-state index in [-0.39, 0.29) is 17.2 Å². The van der Waals surface area contributed by atoms with E-state index < -0.39 is 18.9 Å². The fraction of sp³-hybridized carbons (Fsp3) is 0.393. The van der Waals surface area contributed by atoms with Crippen LogP contribution < -0.4 is 15.9 Å². The number of nitrogens with zero attached hydrogens (tertiary/aromatic N) is 4. The molecular weight excluding hydrogens is 554 g/mol. The minimum Gasteiger partial charge on any atom is -0.378 e. The maximum Gasteiger partial charge on any atom is 0.419 e. The summed E-state index contributed by atoms with van der Waals surface area (Å²) < 4.78 is 63.6. The summed E-state index contributed by atoms with van der Waals surface area (Å²) in [6.07, 6.45) is 5.79. The van der Waals surface area contributed by atoms with Gasteiger partial charge in [-0.25, -0.2) is 15.0 Å². The molecule has 41 heavy (non-hydrogen) atoms. The molecule has 0 unspecified atom stereocenters. The van der Waals surface area contributed by atoms with Gasteiger partial charge in [0.1, 0.15) is 18.5 Å². The highest BCUT2D eigenvalue weighted by Gasteiger charge is 2.36. The first kappa shape index (κ1) is 29.0. The molecule has 0 spiro atoms. The molecule has 0 saturated carbocycles. The second-order valence-corrected chi connectivity index (χ2v) is 13.4. The van der Waals surface area contributed by atoms with Gasteiger partial charge < -0.3 is 29.5 Å². The zero-order valence-corrected chi connectivity index (χ0v) is 24.1. The van der Waals surface area contributed by atoms with Crippen molar-refractivity contribution in [3.05, 3.63) is 54.3 Å². The molecule has 0 aliphatic heterocycles. The summed E-state index contributed by atoms with van der Waals surface area (Å²) in [5, 5.41) is 7.09. The van der Waals surface area contributed by atoms with Crippen LogP contribution in [0.3, 0.4) is 0 Å². The third-order valence-corrected chi connectivity index (χ3v) is 8.50. The minimum atomic E-state index is -4.67. The first-order valence-electron chi connectivity index (χ1n) is 13.4. The van der Waals surface area contributed by atoms with Crippen molar-refractivity contribution in [3.8, 4) is 22.6 Å². The van der Waals surface area contributed by atoms with Crippen LogP contribution in [0.15, 0.2) is 48.7 Å². The molecule has 0 saturated heterocycles. The van der Waals surface area contributed by atoms with Gasteiger partial charge in [0.05, 0.1) is 24.4 Å². The molecule has 0 fully saturated rings. The van der Waals surface area contributed by atoms with Crippen LogP contribution in [-0.2, 0) is 22.0 Å². The van der Waals surface area contributed by atoms with Crippen molar-refractivity contribution in [2.24, 2.45) is 0 Å². The number of ether oxygens (including phenoxy) is 1. The Labute approximate surface area is 236 Å². The van der Waals surface area contributed by atoms with Gasteiger partial charge in [0.15, 0.2) is 0 Å². The summed E-state index contributed by atoms with van der Waals surface area (Å²) in [6, 6.07) is 3.50. The van der Waals surface area contributed by atoms with Gasteiger partial charge in [-0.3, -0.25) is 0 Å². The smallest absolute Gasteiger partial charge is 0.378 e. The molecule has 3 aromatic heterocycles. The van der Waals surface area contributed by atoms with Gasteiger partial charge in [-0.1, -0.05) is 12.1 Å². The van der Waals surface area contributed by atoms with Gasteiger partial charge in [0, 0.05) is 65.4 Å². The predicted octanol–water partition coefficient (Wildman–Crippen LogP) is 5.47. The second-order valence-electron chi connectivity index (χ2n) is 10.3. The van der Waals surface area contributed by atoms with Crippen molar-refractivity contribution in [1.29, 1.82) is 0 Å². The lowest BCUT2D eigenvalue weighted by atomic mass is 10.0. The molecule has 5 rings (SSSR count). The number of likely N-dealkylation sites (N-methyl/N-ethyl adjacent to an activating group) is 1. The highest BCUT2D eigenvalue weighted by Crippen LogP contribution is 2.44. The molecule has 3 heterocycles. The zero-order valence-electron chi connectivity index (χ0n) is 23.2. The highest BCUT2D eigenvalue weighted by atomic mass is 31.2. The lowest BCUT2D eigenvalue weighted by Gasteiger charge is -2.17. The Hall–Kier alpha value is -3.47. The summed E-state index contributed by atoms with van der Waals surface area (Å²) in [5.41, 5.74) is 1.09.